The molecule has 0 radical (unpaired) electrons. The number of carbonyl (C=O) groups excluding carboxylic acids is 1. The van der Waals surface area contributed by atoms with Crippen molar-refractivity contribution in [3.05, 3.63) is 12.2 Å². The van der Waals surface area contributed by atoms with E-state index in [1.807, 2.05) is 0 Å². The summed E-state index contributed by atoms with van der Waals surface area (Å²) in [6.45, 7) is 2.21. The molecule has 1 aliphatic rings. The van der Waals surface area contributed by atoms with Gasteiger partial charge >= 0.3 is 0 Å². The van der Waals surface area contributed by atoms with Crippen LogP contribution in [0, 0.1) is 5.92 Å². The minimum absolute atomic E-state index is 0.483. The molecule has 0 aromatic carbocycles. The molecule has 0 unspecified atom stereocenters. The van der Waals surface area contributed by atoms with E-state index in [1.54, 1.807) is 0 Å². The van der Waals surface area contributed by atoms with Crippen LogP contribution in [0.3, 0.4) is 0 Å². The van der Waals surface area contributed by atoms with Gasteiger partial charge in [0.15, 0.2) is 0 Å². The summed E-state index contributed by atoms with van der Waals surface area (Å²) in [4.78, 5) is 11.7. The smallest absolute Gasteiger partial charge is 0.133 e. The predicted molar refractivity (Wildman–Crippen MR) is 74.1 cm³/mol. The standard InChI is InChI=1S/C16H28O/c1-15-12-10-8-6-4-2-3-5-7-9-11-13-16(17)14-15/h6,8,15H,2-5,7,9-14H2,1H3/b8-6-/t15-/m0/s1. The van der Waals surface area contributed by atoms with Crippen molar-refractivity contribution in [2.45, 2.75) is 77.6 Å². The number of allylic oxidation sites excluding steroid dienone is 2. The van der Waals surface area contributed by atoms with E-state index in [1.165, 1.54) is 44.9 Å². The molecule has 0 aromatic heterocycles. The minimum atomic E-state index is 0.483. The van der Waals surface area contributed by atoms with E-state index in [4.69, 9.17) is 0 Å². The summed E-state index contributed by atoms with van der Waals surface area (Å²) in [5.41, 5.74) is 0. The Kier molecular flexibility index (Phi) is 8.04. The van der Waals surface area contributed by atoms with Crippen molar-refractivity contribution < 1.29 is 4.79 Å². The number of ketones is 1. The van der Waals surface area contributed by atoms with Crippen LogP contribution < -0.4 is 0 Å². The van der Waals surface area contributed by atoms with Gasteiger partial charge in [0.05, 0.1) is 0 Å². The predicted octanol–water partition coefficient (Wildman–Crippen LogP) is 5.05. The van der Waals surface area contributed by atoms with Crippen LogP contribution in [0.2, 0.25) is 0 Å². The van der Waals surface area contributed by atoms with Crippen LogP contribution in [0.15, 0.2) is 12.2 Å². The van der Waals surface area contributed by atoms with Gasteiger partial charge in [-0.25, -0.2) is 0 Å². The van der Waals surface area contributed by atoms with Crippen molar-refractivity contribution in [1.29, 1.82) is 0 Å². The molecule has 1 nitrogen and oxygen atoms in total. The van der Waals surface area contributed by atoms with Crippen LogP contribution in [-0.2, 0) is 4.79 Å². The lowest BCUT2D eigenvalue weighted by Crippen LogP contribution is -2.05. The molecule has 1 atom stereocenters. The van der Waals surface area contributed by atoms with Crippen LogP contribution in [-0.4, -0.2) is 5.78 Å². The molecule has 0 saturated heterocycles. The zero-order valence-corrected chi connectivity index (χ0v) is 11.4. The molecule has 0 amide bonds. The summed E-state index contributed by atoms with van der Waals surface area (Å²) < 4.78 is 0. The lowest BCUT2D eigenvalue weighted by atomic mass is 9.96. The molecule has 0 saturated carbocycles. The maximum Gasteiger partial charge on any atom is 0.133 e. The number of Topliss-reactive ketones (excluding diaryl/α,β-unsaturated/α-hetero) is 1. The Hall–Kier alpha value is -0.590. The first-order chi connectivity index (χ1) is 8.29. The lowest BCUT2D eigenvalue weighted by Gasteiger charge is -2.08. The van der Waals surface area contributed by atoms with Crippen LogP contribution in [0.4, 0.5) is 0 Å². The number of carbonyl (C=O) groups is 1. The third-order valence-corrected chi connectivity index (χ3v) is 3.65. The fraction of sp³-hybridized carbons (Fsp3) is 0.812. The van der Waals surface area contributed by atoms with Crippen LogP contribution >= 0.6 is 0 Å². The highest BCUT2D eigenvalue weighted by Gasteiger charge is 2.08. The second-order valence-electron chi connectivity index (χ2n) is 5.56. The normalized spacial score (nSPS) is 28.1. The second-order valence-corrected chi connectivity index (χ2v) is 5.56. The number of rotatable bonds is 0. The molecular weight excluding hydrogens is 208 g/mol. The maximum absolute atomic E-state index is 11.7. The van der Waals surface area contributed by atoms with Gasteiger partial charge in [-0.15, -0.1) is 0 Å². The summed E-state index contributed by atoms with van der Waals surface area (Å²) in [6, 6.07) is 0. The fourth-order valence-electron chi connectivity index (χ4n) is 2.50. The fourth-order valence-corrected chi connectivity index (χ4v) is 2.50. The van der Waals surface area contributed by atoms with E-state index in [9.17, 15) is 4.79 Å². The van der Waals surface area contributed by atoms with Crippen molar-refractivity contribution in [3.8, 4) is 0 Å². The van der Waals surface area contributed by atoms with Crippen molar-refractivity contribution in [2.24, 2.45) is 5.92 Å². The zero-order valence-electron chi connectivity index (χ0n) is 11.4. The van der Waals surface area contributed by atoms with Crippen LogP contribution in [0.1, 0.15) is 77.6 Å². The van der Waals surface area contributed by atoms with E-state index in [2.05, 4.69) is 19.1 Å². The maximum atomic E-state index is 11.7. The molecule has 17 heavy (non-hydrogen) atoms. The Morgan fingerprint density at radius 2 is 1.59 bits per heavy atom. The van der Waals surface area contributed by atoms with E-state index in [-0.39, 0.29) is 0 Å². The van der Waals surface area contributed by atoms with Crippen molar-refractivity contribution in [1.82, 2.24) is 0 Å². The van der Waals surface area contributed by atoms with Gasteiger partial charge < -0.3 is 0 Å². The van der Waals surface area contributed by atoms with Crippen molar-refractivity contribution in [2.75, 3.05) is 0 Å². The van der Waals surface area contributed by atoms with Gasteiger partial charge in [0.2, 0.25) is 0 Å². The Balaban J connectivity index is 2.30. The van der Waals surface area contributed by atoms with E-state index in [0.717, 1.165) is 25.7 Å². The number of hydrogen-bond acceptors (Lipinski definition) is 1. The molecule has 0 spiro atoms. The van der Waals surface area contributed by atoms with Crippen molar-refractivity contribution in [3.63, 3.8) is 0 Å². The van der Waals surface area contributed by atoms with Gasteiger partial charge in [-0.05, 0) is 38.0 Å². The van der Waals surface area contributed by atoms with Gasteiger partial charge in [0, 0.05) is 12.8 Å². The monoisotopic (exact) mass is 236 g/mol. The Morgan fingerprint density at radius 3 is 2.41 bits per heavy atom. The minimum Gasteiger partial charge on any atom is -0.300 e. The third-order valence-electron chi connectivity index (χ3n) is 3.65. The molecule has 0 aromatic rings. The van der Waals surface area contributed by atoms with Gasteiger partial charge in [-0.1, -0.05) is 44.8 Å². The molecular formula is C16H28O. The summed E-state index contributed by atoms with van der Waals surface area (Å²) >= 11 is 0. The Morgan fingerprint density at radius 1 is 0.941 bits per heavy atom. The van der Waals surface area contributed by atoms with Crippen molar-refractivity contribution >= 4 is 5.78 Å². The highest BCUT2D eigenvalue weighted by atomic mass is 16.1. The topological polar surface area (TPSA) is 17.1 Å². The highest BCUT2D eigenvalue weighted by Crippen LogP contribution is 2.16. The molecule has 0 fully saturated rings. The Labute approximate surface area is 107 Å². The molecule has 0 aliphatic heterocycles. The SMILES string of the molecule is C[C@H]1CC/C=C\CCCCCCCCC(=O)C1. The first-order valence-corrected chi connectivity index (χ1v) is 7.45. The summed E-state index contributed by atoms with van der Waals surface area (Å²) in [7, 11) is 0. The molecule has 98 valence electrons. The molecule has 0 heterocycles. The largest absolute Gasteiger partial charge is 0.300 e. The Bertz CT molecular complexity index is 230. The molecule has 1 heteroatoms. The van der Waals surface area contributed by atoms with Gasteiger partial charge in [0.25, 0.3) is 0 Å². The van der Waals surface area contributed by atoms with E-state index in [0.29, 0.717) is 11.7 Å². The zero-order chi connectivity index (χ0) is 12.3. The summed E-state index contributed by atoms with van der Waals surface area (Å²) in [5, 5.41) is 0. The molecule has 1 rings (SSSR count). The second kappa shape index (κ2) is 9.44. The van der Waals surface area contributed by atoms with Gasteiger partial charge in [-0.3, -0.25) is 4.79 Å². The van der Waals surface area contributed by atoms with Crippen LogP contribution in [0.25, 0.3) is 0 Å². The summed E-state index contributed by atoms with van der Waals surface area (Å²) in [6.07, 6.45) is 17.5. The molecule has 1 aliphatic carbocycles. The highest BCUT2D eigenvalue weighted by molar-refractivity contribution is 5.78. The van der Waals surface area contributed by atoms with E-state index >= 15 is 0 Å². The molecule has 0 N–H and O–H groups in total. The third kappa shape index (κ3) is 8.18. The number of hydrogen-bond donors (Lipinski definition) is 0. The molecule has 0 bridgehead atoms. The lowest BCUT2D eigenvalue weighted by molar-refractivity contribution is -0.120. The first kappa shape index (κ1) is 14.5. The van der Waals surface area contributed by atoms with Crippen LogP contribution in [0.5, 0.6) is 0 Å². The van der Waals surface area contributed by atoms with E-state index < -0.39 is 0 Å². The quantitative estimate of drug-likeness (QED) is 0.538. The van der Waals surface area contributed by atoms with Gasteiger partial charge in [0.1, 0.15) is 5.78 Å². The average Bonchev–Trinajstić information content (AvgIpc) is 2.30. The first-order valence-electron chi connectivity index (χ1n) is 7.45. The average molecular weight is 236 g/mol. The summed E-state index contributed by atoms with van der Waals surface area (Å²) in [5.74, 6) is 1.05. The van der Waals surface area contributed by atoms with Gasteiger partial charge in [-0.2, -0.15) is 0 Å².